The summed E-state index contributed by atoms with van der Waals surface area (Å²) < 4.78 is 12.7. The summed E-state index contributed by atoms with van der Waals surface area (Å²) in [7, 11) is 0. The van der Waals surface area contributed by atoms with Crippen LogP contribution < -0.4 is 5.32 Å². The van der Waals surface area contributed by atoms with Crippen molar-refractivity contribution in [3.8, 4) is 0 Å². The number of nitrogens with one attached hydrogen (secondary N) is 1. The lowest BCUT2D eigenvalue weighted by Gasteiger charge is -2.12. The van der Waals surface area contributed by atoms with E-state index in [1.54, 1.807) is 30.3 Å². The zero-order valence-corrected chi connectivity index (χ0v) is 10.4. The minimum Gasteiger partial charge on any atom is -0.367 e. The van der Waals surface area contributed by atoms with E-state index in [4.69, 9.17) is 0 Å². The molecule has 0 aromatic heterocycles. The molecule has 0 aliphatic carbocycles. The lowest BCUT2D eigenvalue weighted by molar-refractivity contribution is 0.0607. The van der Waals surface area contributed by atoms with E-state index in [2.05, 4.69) is 5.32 Å². The highest BCUT2D eigenvalue weighted by atomic mass is 19.1. The van der Waals surface area contributed by atoms with Gasteiger partial charge in [0.25, 0.3) is 5.91 Å². The Morgan fingerprint density at radius 3 is 2.15 bits per heavy atom. The first-order chi connectivity index (χ1) is 9.58. The highest BCUT2D eigenvalue weighted by Gasteiger charge is 2.19. The number of hydrogen-bond acceptors (Lipinski definition) is 3. The number of carbonyl (C=O) groups excluding carboxylic acids is 2. The highest BCUT2D eigenvalue weighted by molar-refractivity contribution is 6.03. The van der Waals surface area contributed by atoms with Crippen LogP contribution in [-0.4, -0.2) is 23.0 Å². The largest absolute Gasteiger partial charge is 0.367 e. The molecule has 1 amide bonds. The van der Waals surface area contributed by atoms with Gasteiger partial charge in [-0.3, -0.25) is 9.59 Å². The van der Waals surface area contributed by atoms with Gasteiger partial charge in [0.05, 0.1) is 0 Å². The molecule has 0 aliphatic rings. The molecule has 4 nitrogen and oxygen atoms in total. The molecular weight excluding hydrogens is 261 g/mol. The first-order valence-electron chi connectivity index (χ1n) is 5.91. The SMILES string of the molecule is O=C(NC(O)C(=O)c1ccc(F)cc1)c1ccccc1. The number of amides is 1. The molecule has 1 atom stereocenters. The molecule has 0 fully saturated rings. The second kappa shape index (κ2) is 6.08. The lowest BCUT2D eigenvalue weighted by Crippen LogP contribution is -2.40. The maximum absolute atomic E-state index is 12.7. The summed E-state index contributed by atoms with van der Waals surface area (Å²) in [5.41, 5.74) is 0.450. The van der Waals surface area contributed by atoms with Gasteiger partial charge >= 0.3 is 0 Å². The summed E-state index contributed by atoms with van der Waals surface area (Å²) in [5, 5.41) is 11.9. The number of halogens is 1. The molecule has 0 spiro atoms. The van der Waals surface area contributed by atoms with Crippen LogP contribution in [0.3, 0.4) is 0 Å². The highest BCUT2D eigenvalue weighted by Crippen LogP contribution is 2.06. The molecule has 0 bridgehead atoms. The van der Waals surface area contributed by atoms with Crippen LogP contribution in [0.15, 0.2) is 54.6 Å². The van der Waals surface area contributed by atoms with Crippen molar-refractivity contribution < 1.29 is 19.1 Å². The summed E-state index contributed by atoms with van der Waals surface area (Å²) in [6, 6.07) is 12.9. The van der Waals surface area contributed by atoms with Crippen LogP contribution in [0.2, 0.25) is 0 Å². The van der Waals surface area contributed by atoms with Crippen LogP contribution in [0.25, 0.3) is 0 Å². The monoisotopic (exact) mass is 273 g/mol. The Bertz CT molecular complexity index is 611. The van der Waals surface area contributed by atoms with Crippen molar-refractivity contribution in [3.63, 3.8) is 0 Å². The number of aliphatic hydroxyl groups excluding tert-OH is 1. The Morgan fingerprint density at radius 2 is 1.55 bits per heavy atom. The molecule has 1 unspecified atom stereocenters. The van der Waals surface area contributed by atoms with Crippen molar-refractivity contribution in [2.45, 2.75) is 6.23 Å². The van der Waals surface area contributed by atoms with E-state index in [9.17, 15) is 19.1 Å². The third kappa shape index (κ3) is 3.27. The van der Waals surface area contributed by atoms with E-state index in [0.29, 0.717) is 5.56 Å². The van der Waals surface area contributed by atoms with Crippen molar-refractivity contribution in [2.75, 3.05) is 0 Å². The van der Waals surface area contributed by atoms with E-state index >= 15 is 0 Å². The molecule has 0 aliphatic heterocycles. The van der Waals surface area contributed by atoms with Gasteiger partial charge in [0.15, 0.2) is 6.23 Å². The summed E-state index contributed by atoms with van der Waals surface area (Å²) in [4.78, 5) is 23.6. The number of carbonyl (C=O) groups is 2. The minimum atomic E-state index is -1.67. The second-order valence-electron chi connectivity index (χ2n) is 4.11. The van der Waals surface area contributed by atoms with Crippen molar-refractivity contribution in [2.24, 2.45) is 0 Å². The average Bonchev–Trinajstić information content (AvgIpc) is 2.48. The van der Waals surface area contributed by atoms with Gasteiger partial charge in [-0.25, -0.2) is 4.39 Å². The van der Waals surface area contributed by atoms with E-state index < -0.39 is 23.7 Å². The van der Waals surface area contributed by atoms with Gasteiger partial charge in [-0.05, 0) is 36.4 Å². The number of Topliss-reactive ketones (excluding diaryl/α,β-unsaturated/α-hetero) is 1. The fourth-order valence-corrected chi connectivity index (χ4v) is 1.63. The standard InChI is InChI=1S/C15H12FNO3/c16-12-8-6-10(7-9-12)13(18)15(20)17-14(19)11-4-2-1-3-5-11/h1-9,15,20H,(H,17,19). The molecule has 20 heavy (non-hydrogen) atoms. The summed E-state index contributed by atoms with van der Waals surface area (Å²) >= 11 is 0. The predicted molar refractivity (Wildman–Crippen MR) is 70.6 cm³/mol. The van der Waals surface area contributed by atoms with E-state index in [0.717, 1.165) is 12.1 Å². The van der Waals surface area contributed by atoms with Crippen molar-refractivity contribution in [1.29, 1.82) is 0 Å². The average molecular weight is 273 g/mol. The second-order valence-corrected chi connectivity index (χ2v) is 4.11. The van der Waals surface area contributed by atoms with Crippen LogP contribution in [0.4, 0.5) is 4.39 Å². The van der Waals surface area contributed by atoms with Gasteiger partial charge in [-0.2, -0.15) is 0 Å². The van der Waals surface area contributed by atoms with Crippen molar-refractivity contribution >= 4 is 11.7 Å². The molecule has 5 heteroatoms. The molecule has 0 radical (unpaired) electrons. The van der Waals surface area contributed by atoms with Crippen LogP contribution in [0.5, 0.6) is 0 Å². The number of aliphatic hydroxyl groups is 1. The molecule has 0 saturated heterocycles. The van der Waals surface area contributed by atoms with Gasteiger partial charge in [0, 0.05) is 11.1 Å². The quantitative estimate of drug-likeness (QED) is 0.659. The normalized spacial score (nSPS) is 11.7. The van der Waals surface area contributed by atoms with Crippen molar-refractivity contribution in [1.82, 2.24) is 5.32 Å². The number of hydrogen-bond donors (Lipinski definition) is 2. The van der Waals surface area contributed by atoms with E-state index in [-0.39, 0.29) is 5.56 Å². The Balaban J connectivity index is 2.05. The van der Waals surface area contributed by atoms with Crippen LogP contribution in [0.1, 0.15) is 20.7 Å². The van der Waals surface area contributed by atoms with Crippen molar-refractivity contribution in [3.05, 3.63) is 71.5 Å². The fraction of sp³-hybridized carbons (Fsp3) is 0.0667. The number of benzene rings is 2. The number of ketones is 1. The summed E-state index contributed by atoms with van der Waals surface area (Å²) in [5.74, 6) is -1.74. The van der Waals surface area contributed by atoms with Gasteiger partial charge < -0.3 is 10.4 Å². The first-order valence-corrected chi connectivity index (χ1v) is 5.91. The molecule has 102 valence electrons. The Kier molecular flexibility index (Phi) is 4.22. The number of rotatable bonds is 4. The smallest absolute Gasteiger partial charge is 0.253 e. The maximum atomic E-state index is 12.7. The Morgan fingerprint density at radius 1 is 0.950 bits per heavy atom. The summed E-state index contributed by atoms with van der Waals surface area (Å²) in [6.45, 7) is 0. The third-order valence-corrected chi connectivity index (χ3v) is 2.68. The zero-order valence-electron chi connectivity index (χ0n) is 10.4. The molecule has 2 N–H and O–H groups in total. The topological polar surface area (TPSA) is 66.4 Å². The predicted octanol–water partition coefficient (Wildman–Crippen LogP) is 1.76. The fourth-order valence-electron chi connectivity index (χ4n) is 1.63. The third-order valence-electron chi connectivity index (χ3n) is 2.68. The molecule has 2 aromatic carbocycles. The van der Waals surface area contributed by atoms with E-state index in [1.807, 2.05) is 0 Å². The van der Waals surface area contributed by atoms with Gasteiger partial charge in [0.2, 0.25) is 5.78 Å². The van der Waals surface area contributed by atoms with Crippen LogP contribution in [-0.2, 0) is 0 Å². The van der Waals surface area contributed by atoms with Crippen LogP contribution >= 0.6 is 0 Å². The minimum absolute atomic E-state index is 0.118. The first kappa shape index (κ1) is 13.9. The molecule has 2 aromatic rings. The molecule has 0 heterocycles. The maximum Gasteiger partial charge on any atom is 0.253 e. The van der Waals surface area contributed by atoms with Gasteiger partial charge in [-0.15, -0.1) is 0 Å². The zero-order chi connectivity index (χ0) is 14.5. The van der Waals surface area contributed by atoms with Gasteiger partial charge in [0.1, 0.15) is 5.82 Å². The lowest BCUT2D eigenvalue weighted by atomic mass is 10.1. The molecule has 2 rings (SSSR count). The van der Waals surface area contributed by atoms with E-state index in [1.165, 1.54) is 12.1 Å². The Labute approximate surface area is 114 Å². The van der Waals surface area contributed by atoms with Crippen LogP contribution in [0, 0.1) is 5.82 Å². The summed E-state index contributed by atoms with van der Waals surface area (Å²) in [6.07, 6.45) is -1.67. The molecule has 0 saturated carbocycles. The molecular formula is C15H12FNO3. The Hall–Kier alpha value is -2.53. The van der Waals surface area contributed by atoms with Gasteiger partial charge in [-0.1, -0.05) is 18.2 Å².